The molecule has 0 atom stereocenters. The number of hydrogen-bond acceptors (Lipinski definition) is 5. The van der Waals surface area contributed by atoms with Gasteiger partial charge in [-0.2, -0.15) is 0 Å². The maximum Gasteiger partial charge on any atom is 0.136 e. The summed E-state index contributed by atoms with van der Waals surface area (Å²) in [5, 5.41) is 14.7. The summed E-state index contributed by atoms with van der Waals surface area (Å²) in [5.74, 6) is 2.11. The molecule has 2 N–H and O–H groups in total. The molecule has 0 bridgehead atoms. The summed E-state index contributed by atoms with van der Waals surface area (Å²) >= 11 is 6.03. The third kappa shape index (κ3) is 11.2. The highest BCUT2D eigenvalue weighted by Gasteiger charge is 2.11. The van der Waals surface area contributed by atoms with Gasteiger partial charge in [-0.1, -0.05) is 57.0 Å². The largest absolute Gasteiger partial charge is 0.507 e. The molecule has 1 aliphatic rings. The first-order chi connectivity index (χ1) is 19.0. The zero-order valence-electron chi connectivity index (χ0n) is 24.0. The number of ether oxygens (including phenoxy) is 2. The molecule has 0 unspecified atom stereocenters. The van der Waals surface area contributed by atoms with Crippen LogP contribution in [-0.4, -0.2) is 55.7 Å². The fourth-order valence-corrected chi connectivity index (χ4v) is 4.12. The van der Waals surface area contributed by atoms with Gasteiger partial charge >= 0.3 is 0 Å². The molecule has 2 aromatic rings. The van der Waals surface area contributed by atoms with Gasteiger partial charge in [0.2, 0.25) is 0 Å². The number of amidine groups is 1. The molecule has 6 nitrogen and oxygen atoms in total. The normalized spacial score (nSPS) is 13.2. The predicted molar refractivity (Wildman–Crippen MR) is 166 cm³/mol. The minimum absolute atomic E-state index is 0.102. The summed E-state index contributed by atoms with van der Waals surface area (Å²) < 4.78 is 11.7. The fraction of sp³-hybridized carbons (Fsp3) is 0.406. The van der Waals surface area contributed by atoms with Gasteiger partial charge in [-0.15, -0.1) is 0 Å². The summed E-state index contributed by atoms with van der Waals surface area (Å²) in [6, 6.07) is 13.0. The highest BCUT2D eigenvalue weighted by Crippen LogP contribution is 2.26. The average molecular weight is 554 g/mol. The number of benzene rings is 2. The highest BCUT2D eigenvalue weighted by atomic mass is 35.5. The summed E-state index contributed by atoms with van der Waals surface area (Å²) in [6.45, 7) is 12.7. The molecule has 39 heavy (non-hydrogen) atoms. The second-order valence-electron chi connectivity index (χ2n) is 8.71. The fourth-order valence-electron chi connectivity index (χ4n) is 3.96. The molecule has 0 heterocycles. The van der Waals surface area contributed by atoms with E-state index in [0.29, 0.717) is 30.4 Å². The van der Waals surface area contributed by atoms with Crippen LogP contribution in [0.25, 0.3) is 0 Å². The zero-order chi connectivity index (χ0) is 28.5. The molecular weight excluding hydrogens is 510 g/mol. The van der Waals surface area contributed by atoms with Crippen molar-refractivity contribution in [2.24, 2.45) is 4.99 Å². The first kappa shape index (κ1) is 32.0. The Morgan fingerprint density at radius 3 is 2.36 bits per heavy atom. The van der Waals surface area contributed by atoms with Crippen LogP contribution in [0.15, 0.2) is 82.4 Å². The molecule has 2 aromatic carbocycles. The maximum atomic E-state index is 10.7. The van der Waals surface area contributed by atoms with Crippen LogP contribution in [0.3, 0.4) is 0 Å². The Bertz CT molecular complexity index is 1120. The van der Waals surface area contributed by atoms with E-state index < -0.39 is 0 Å². The number of hydrogen-bond donors (Lipinski definition) is 2. The monoisotopic (exact) mass is 553 g/mol. The number of nitrogens with one attached hydrogen (secondary N) is 1. The van der Waals surface area contributed by atoms with Crippen molar-refractivity contribution in [1.29, 1.82) is 0 Å². The minimum atomic E-state index is 0.102. The van der Waals surface area contributed by atoms with E-state index in [1.807, 2.05) is 74.5 Å². The molecule has 0 aliphatic heterocycles. The van der Waals surface area contributed by atoms with E-state index in [4.69, 9.17) is 21.1 Å². The molecule has 3 rings (SSSR count). The number of phenolic OH excluding ortho intramolecular Hbond substituents is 1. The average Bonchev–Trinajstić information content (AvgIpc) is 3.18. The van der Waals surface area contributed by atoms with E-state index in [1.165, 1.54) is 5.57 Å². The molecular formula is C32H44ClN3O3. The molecule has 0 radical (unpaired) electrons. The molecule has 0 aromatic heterocycles. The summed E-state index contributed by atoms with van der Waals surface area (Å²) in [5.41, 5.74) is 2.70. The van der Waals surface area contributed by atoms with Crippen molar-refractivity contribution in [2.45, 2.75) is 47.0 Å². The van der Waals surface area contributed by atoms with Crippen LogP contribution in [0.1, 0.15) is 52.5 Å². The molecule has 0 spiro atoms. The minimum Gasteiger partial charge on any atom is -0.507 e. The van der Waals surface area contributed by atoms with Gasteiger partial charge < -0.3 is 24.8 Å². The smallest absolute Gasteiger partial charge is 0.136 e. The molecule has 7 heteroatoms. The van der Waals surface area contributed by atoms with Gasteiger partial charge in [0.25, 0.3) is 0 Å². The summed E-state index contributed by atoms with van der Waals surface area (Å²) in [4.78, 5) is 6.72. The lowest BCUT2D eigenvalue weighted by atomic mass is 10.1. The van der Waals surface area contributed by atoms with Gasteiger partial charge in [-0.25, -0.2) is 0 Å². The number of rotatable bonds is 13. The lowest BCUT2D eigenvalue weighted by molar-refractivity contribution is 0.249. The van der Waals surface area contributed by atoms with E-state index in [-0.39, 0.29) is 5.75 Å². The molecule has 212 valence electrons. The third-order valence-electron chi connectivity index (χ3n) is 6.17. The van der Waals surface area contributed by atoms with Gasteiger partial charge in [-0.05, 0) is 74.5 Å². The Labute approximate surface area is 239 Å². The predicted octanol–water partition coefficient (Wildman–Crippen LogP) is 7.80. The number of halogens is 1. The van der Waals surface area contributed by atoms with Crippen molar-refractivity contribution in [3.63, 3.8) is 0 Å². The second kappa shape index (κ2) is 18.1. The summed E-state index contributed by atoms with van der Waals surface area (Å²) in [7, 11) is 1.69. The number of phenols is 1. The van der Waals surface area contributed by atoms with Crippen molar-refractivity contribution in [1.82, 2.24) is 4.90 Å². The van der Waals surface area contributed by atoms with E-state index in [1.54, 1.807) is 13.1 Å². The molecule has 1 aliphatic carbocycles. The topological polar surface area (TPSA) is 66.3 Å². The van der Waals surface area contributed by atoms with Crippen LogP contribution in [0.5, 0.6) is 17.2 Å². The first-order valence-electron chi connectivity index (χ1n) is 13.9. The molecule has 0 amide bonds. The number of nitrogens with zero attached hydrogens (tertiary/aromatic N) is 2. The van der Waals surface area contributed by atoms with Crippen molar-refractivity contribution in [3.8, 4) is 17.2 Å². The van der Waals surface area contributed by atoms with Crippen LogP contribution < -0.4 is 14.8 Å². The zero-order valence-corrected chi connectivity index (χ0v) is 24.8. The van der Waals surface area contributed by atoms with Gasteiger partial charge in [-0.3, -0.25) is 4.99 Å². The standard InChI is InChI=1S/C30H38ClN3O3.C2H6/c1-4-34(5-2)19-7-20-36-26-14-12-25(13-15-26)33-30(32-3)28-17-16-27(22-29(28)35)37-21-18-23-8-6-9-24(31)11-10-23;1-2/h6,9-17,22,35H,4-5,7-8,18-21H2,1-3H3,(H,32,33);1-2H3. The highest BCUT2D eigenvalue weighted by molar-refractivity contribution is 6.31. The van der Waals surface area contributed by atoms with Crippen molar-refractivity contribution >= 4 is 23.1 Å². The van der Waals surface area contributed by atoms with Crippen LogP contribution in [0.2, 0.25) is 0 Å². The maximum absolute atomic E-state index is 10.7. The summed E-state index contributed by atoms with van der Waals surface area (Å²) in [6.07, 6.45) is 10.5. The van der Waals surface area contributed by atoms with Crippen molar-refractivity contribution in [3.05, 3.63) is 82.9 Å². The Hall–Kier alpha value is -3.22. The van der Waals surface area contributed by atoms with Crippen LogP contribution in [0.4, 0.5) is 5.69 Å². The van der Waals surface area contributed by atoms with Gasteiger partial charge in [0.05, 0.1) is 18.8 Å². The Balaban J connectivity index is 0.00000260. The Morgan fingerprint density at radius 2 is 1.69 bits per heavy atom. The van der Waals surface area contributed by atoms with E-state index in [9.17, 15) is 5.11 Å². The Morgan fingerprint density at radius 1 is 1.00 bits per heavy atom. The van der Waals surface area contributed by atoms with E-state index in [0.717, 1.165) is 55.4 Å². The van der Waals surface area contributed by atoms with E-state index >= 15 is 0 Å². The SMILES string of the molecule is CC.CCN(CC)CCCOc1ccc(NC(=NC)c2ccc(OCCC3=CC=C(Cl)C=CC3)cc2O)cc1. The number of aliphatic imine (C=N–C) groups is 1. The third-order valence-corrected chi connectivity index (χ3v) is 6.43. The molecule has 0 saturated heterocycles. The van der Waals surface area contributed by atoms with Gasteiger partial charge in [0.1, 0.15) is 23.1 Å². The van der Waals surface area contributed by atoms with Crippen LogP contribution >= 0.6 is 11.6 Å². The van der Waals surface area contributed by atoms with E-state index in [2.05, 4.69) is 29.1 Å². The lowest BCUT2D eigenvalue weighted by Crippen LogP contribution is -2.25. The van der Waals surface area contributed by atoms with Gasteiger partial charge in [0.15, 0.2) is 0 Å². The Kier molecular flexibility index (Phi) is 14.9. The number of anilines is 1. The number of allylic oxidation sites excluding steroid dienone is 5. The molecule has 0 fully saturated rings. The first-order valence-corrected chi connectivity index (χ1v) is 14.3. The molecule has 0 saturated carbocycles. The van der Waals surface area contributed by atoms with Gasteiger partial charge in [0, 0.05) is 36.8 Å². The van der Waals surface area contributed by atoms with Crippen molar-refractivity contribution < 1.29 is 14.6 Å². The quantitative estimate of drug-likeness (QED) is 0.150. The van der Waals surface area contributed by atoms with Crippen molar-refractivity contribution in [2.75, 3.05) is 45.2 Å². The lowest BCUT2D eigenvalue weighted by Gasteiger charge is -2.17. The van der Waals surface area contributed by atoms with Crippen LogP contribution in [0, 0.1) is 0 Å². The second-order valence-corrected chi connectivity index (χ2v) is 9.15. The van der Waals surface area contributed by atoms with Crippen LogP contribution in [-0.2, 0) is 0 Å². The number of aromatic hydroxyl groups is 1.